The summed E-state index contributed by atoms with van der Waals surface area (Å²) < 4.78 is 36.8. The van der Waals surface area contributed by atoms with Crippen LogP contribution >= 0.6 is 11.8 Å². The van der Waals surface area contributed by atoms with Gasteiger partial charge in [-0.1, -0.05) is 18.2 Å². The number of hydrogen-bond acceptors (Lipinski definition) is 2. The van der Waals surface area contributed by atoms with Crippen molar-refractivity contribution in [2.45, 2.75) is 36.6 Å². The molecular formula is C8H9F3N2S. The first-order valence-electron chi connectivity index (χ1n) is 4.34. The zero-order valence-corrected chi connectivity index (χ0v) is 8.13. The van der Waals surface area contributed by atoms with E-state index in [-0.39, 0.29) is 16.3 Å². The van der Waals surface area contributed by atoms with Crippen molar-refractivity contribution in [3.05, 3.63) is 0 Å². The molecule has 2 rings (SSSR count). The first kappa shape index (κ1) is 10.0. The first-order chi connectivity index (χ1) is 6.41. The maximum Gasteiger partial charge on any atom is 0.429 e. The maximum absolute atomic E-state index is 12.4. The first-order valence-corrected chi connectivity index (χ1v) is 5.15. The van der Waals surface area contributed by atoms with Crippen molar-refractivity contribution >= 4 is 22.6 Å². The predicted molar refractivity (Wildman–Crippen MR) is 50.0 cm³/mol. The highest BCUT2D eigenvalue weighted by molar-refractivity contribution is 8.15. The lowest BCUT2D eigenvalue weighted by Crippen LogP contribution is -2.43. The maximum atomic E-state index is 12.4. The Morgan fingerprint density at radius 2 is 2.00 bits per heavy atom. The van der Waals surface area contributed by atoms with Crippen LogP contribution in [0.5, 0.6) is 0 Å². The summed E-state index contributed by atoms with van der Waals surface area (Å²) in [5.74, 6) is 0. The van der Waals surface area contributed by atoms with Gasteiger partial charge in [-0.15, -0.1) is 0 Å². The molecule has 78 valence electrons. The molecule has 1 aliphatic heterocycles. The summed E-state index contributed by atoms with van der Waals surface area (Å²) in [6.45, 7) is 0. The Hall–Kier alpha value is -0.520. The van der Waals surface area contributed by atoms with Gasteiger partial charge in [0.15, 0.2) is 5.17 Å². The van der Waals surface area contributed by atoms with E-state index in [1.54, 1.807) is 0 Å². The number of halogens is 3. The second-order valence-electron chi connectivity index (χ2n) is 3.68. The highest BCUT2D eigenvalue weighted by atomic mass is 32.2. The fraction of sp³-hybridized carbons (Fsp3) is 0.750. The number of hydrogen-bond donors (Lipinski definition) is 1. The quantitative estimate of drug-likeness (QED) is 0.672. The molecule has 1 saturated carbocycles. The fourth-order valence-corrected chi connectivity index (χ4v) is 3.01. The second-order valence-corrected chi connectivity index (χ2v) is 5.13. The molecule has 0 aromatic carbocycles. The summed E-state index contributed by atoms with van der Waals surface area (Å²) in [5, 5.41) is 7.08. The van der Waals surface area contributed by atoms with E-state index in [4.69, 9.17) is 5.41 Å². The summed E-state index contributed by atoms with van der Waals surface area (Å²) in [6.07, 6.45) is -1.88. The van der Waals surface area contributed by atoms with Crippen LogP contribution in [-0.2, 0) is 0 Å². The third-order valence-electron chi connectivity index (χ3n) is 2.63. The number of amidine groups is 1. The summed E-state index contributed by atoms with van der Waals surface area (Å²) in [7, 11) is 0. The Bertz CT molecular complexity index is 304. The van der Waals surface area contributed by atoms with Crippen molar-refractivity contribution in [3.8, 4) is 0 Å². The van der Waals surface area contributed by atoms with Crippen LogP contribution in [0.1, 0.15) is 25.7 Å². The fourth-order valence-electron chi connectivity index (χ4n) is 1.74. The van der Waals surface area contributed by atoms with Crippen LogP contribution in [0.3, 0.4) is 0 Å². The van der Waals surface area contributed by atoms with E-state index in [0.29, 0.717) is 0 Å². The molecular weight excluding hydrogens is 213 g/mol. The number of aliphatic imine (C=N–C) groups is 1. The number of nitrogens with one attached hydrogen (secondary N) is 1. The van der Waals surface area contributed by atoms with Crippen LogP contribution in [0.2, 0.25) is 0 Å². The van der Waals surface area contributed by atoms with Gasteiger partial charge in [0, 0.05) is 11.2 Å². The van der Waals surface area contributed by atoms with E-state index in [1.165, 1.54) is 11.8 Å². The zero-order chi connectivity index (χ0) is 10.4. The van der Waals surface area contributed by atoms with Gasteiger partial charge in [-0.05, 0) is 12.8 Å². The molecule has 1 N–H and O–H groups in total. The lowest BCUT2D eigenvalue weighted by molar-refractivity contribution is -0.0612. The van der Waals surface area contributed by atoms with Crippen molar-refractivity contribution in [1.29, 1.82) is 5.41 Å². The molecule has 0 aromatic rings. The van der Waals surface area contributed by atoms with Crippen molar-refractivity contribution in [2.24, 2.45) is 4.99 Å². The van der Waals surface area contributed by atoms with E-state index in [2.05, 4.69) is 4.99 Å². The van der Waals surface area contributed by atoms with Crippen LogP contribution in [0.4, 0.5) is 13.2 Å². The van der Waals surface area contributed by atoms with Crippen molar-refractivity contribution in [1.82, 2.24) is 0 Å². The normalized spacial score (nSPS) is 25.9. The van der Waals surface area contributed by atoms with Gasteiger partial charge < -0.3 is 0 Å². The van der Waals surface area contributed by atoms with E-state index in [1.807, 2.05) is 0 Å². The van der Waals surface area contributed by atoms with Gasteiger partial charge in [0.1, 0.15) is 5.71 Å². The molecule has 2 nitrogen and oxygen atoms in total. The molecule has 0 bridgehead atoms. The van der Waals surface area contributed by atoms with E-state index < -0.39 is 11.9 Å². The Labute approximate surface area is 83.5 Å². The molecule has 1 aliphatic carbocycles. The molecule has 0 radical (unpaired) electrons. The van der Waals surface area contributed by atoms with Crippen LogP contribution in [-0.4, -0.2) is 21.8 Å². The Morgan fingerprint density at radius 1 is 1.36 bits per heavy atom. The second kappa shape index (κ2) is 2.98. The molecule has 0 saturated heterocycles. The van der Waals surface area contributed by atoms with E-state index >= 15 is 0 Å². The Kier molecular flexibility index (Phi) is 2.13. The van der Waals surface area contributed by atoms with Gasteiger partial charge in [-0.25, -0.2) is 4.99 Å². The number of nitrogens with zero attached hydrogens (tertiary/aromatic N) is 1. The van der Waals surface area contributed by atoms with Gasteiger partial charge in [0.25, 0.3) is 0 Å². The third-order valence-corrected chi connectivity index (χ3v) is 3.90. The van der Waals surface area contributed by atoms with Crippen LogP contribution in [0, 0.1) is 5.41 Å². The Balaban J connectivity index is 2.22. The highest BCUT2D eigenvalue weighted by Gasteiger charge is 2.49. The SMILES string of the molecule is N=C1N=C(C(F)(F)F)CC2(CCC2)S1. The molecule has 1 heterocycles. The molecule has 6 heteroatoms. The molecule has 0 atom stereocenters. The van der Waals surface area contributed by atoms with Crippen LogP contribution in [0.25, 0.3) is 0 Å². The Morgan fingerprint density at radius 3 is 2.43 bits per heavy atom. The molecule has 0 amide bonds. The smallest absolute Gasteiger partial charge is 0.277 e. The van der Waals surface area contributed by atoms with E-state index in [9.17, 15) is 13.2 Å². The van der Waals surface area contributed by atoms with Crippen LogP contribution < -0.4 is 0 Å². The summed E-state index contributed by atoms with van der Waals surface area (Å²) in [5.41, 5.74) is -0.777. The number of rotatable bonds is 0. The van der Waals surface area contributed by atoms with E-state index in [0.717, 1.165) is 19.3 Å². The van der Waals surface area contributed by atoms with Crippen molar-refractivity contribution in [2.75, 3.05) is 0 Å². The average Bonchev–Trinajstić information content (AvgIpc) is 1.98. The standard InChI is InChI=1S/C8H9F3N2S/c9-8(10,11)5-4-7(2-1-3-7)14-6(12)13-5/h12H,1-4H2. The summed E-state index contributed by atoms with van der Waals surface area (Å²) >= 11 is 1.19. The van der Waals surface area contributed by atoms with Gasteiger partial charge in [0.05, 0.1) is 0 Å². The van der Waals surface area contributed by atoms with Crippen molar-refractivity contribution < 1.29 is 13.2 Å². The third kappa shape index (κ3) is 1.67. The summed E-state index contributed by atoms with van der Waals surface area (Å²) in [4.78, 5) is 3.27. The topological polar surface area (TPSA) is 36.2 Å². The minimum absolute atomic E-state index is 0.0243. The molecule has 0 aromatic heterocycles. The minimum Gasteiger partial charge on any atom is -0.277 e. The molecule has 2 aliphatic rings. The molecule has 14 heavy (non-hydrogen) atoms. The number of alkyl halides is 3. The van der Waals surface area contributed by atoms with Gasteiger partial charge in [-0.2, -0.15) is 13.2 Å². The largest absolute Gasteiger partial charge is 0.429 e. The summed E-state index contributed by atoms with van der Waals surface area (Å²) in [6, 6.07) is 0. The minimum atomic E-state index is -4.37. The molecule has 1 fully saturated rings. The highest BCUT2D eigenvalue weighted by Crippen LogP contribution is 2.50. The van der Waals surface area contributed by atoms with Gasteiger partial charge in [-0.3, -0.25) is 5.41 Å². The number of thioether (sulfide) groups is 1. The molecule has 1 spiro atoms. The zero-order valence-electron chi connectivity index (χ0n) is 7.32. The monoisotopic (exact) mass is 222 g/mol. The predicted octanol–water partition coefficient (Wildman–Crippen LogP) is 2.98. The van der Waals surface area contributed by atoms with Crippen LogP contribution in [0.15, 0.2) is 4.99 Å². The van der Waals surface area contributed by atoms with Crippen molar-refractivity contribution in [3.63, 3.8) is 0 Å². The van der Waals surface area contributed by atoms with Gasteiger partial charge >= 0.3 is 6.18 Å². The molecule has 0 unspecified atom stereocenters. The lowest BCUT2D eigenvalue weighted by atomic mass is 9.80. The average molecular weight is 222 g/mol. The lowest BCUT2D eigenvalue weighted by Gasteiger charge is -2.43. The van der Waals surface area contributed by atoms with Gasteiger partial charge in [0.2, 0.25) is 0 Å².